The van der Waals surface area contributed by atoms with Crippen LogP contribution in [0.15, 0.2) is 0 Å². The fraction of sp³-hybridized carbons (Fsp3) is 0.875. The lowest BCUT2D eigenvalue weighted by Crippen LogP contribution is -2.53. The molecule has 2 unspecified atom stereocenters. The van der Waals surface area contributed by atoms with Gasteiger partial charge in [-0.15, -0.1) is 0 Å². The minimum Gasteiger partial charge on any atom is -0.444 e. The number of nitrogens with zero attached hydrogens (tertiary/aromatic N) is 1. The topological polar surface area (TPSA) is 88.1 Å². The van der Waals surface area contributed by atoms with Crippen molar-refractivity contribution in [3.05, 3.63) is 0 Å². The molecular formula is C16H30N2O5. The summed E-state index contributed by atoms with van der Waals surface area (Å²) in [5, 5.41) is 13.3. The maximum Gasteiger partial charge on any atom is 0.410 e. The van der Waals surface area contributed by atoms with E-state index in [1.54, 1.807) is 48.5 Å². The fourth-order valence-electron chi connectivity index (χ4n) is 2.27. The van der Waals surface area contributed by atoms with E-state index in [2.05, 4.69) is 5.32 Å². The number of alkyl carbamates (subject to hydrolysis) is 1. The van der Waals surface area contributed by atoms with Crippen LogP contribution in [0.4, 0.5) is 9.59 Å². The molecule has 2 atom stereocenters. The van der Waals surface area contributed by atoms with E-state index in [9.17, 15) is 14.7 Å². The number of hydrogen-bond donors (Lipinski definition) is 2. The Bertz CT molecular complexity index is 452. The molecule has 1 aliphatic rings. The van der Waals surface area contributed by atoms with Crippen LogP contribution in [0, 0.1) is 0 Å². The van der Waals surface area contributed by atoms with Crippen molar-refractivity contribution < 1.29 is 24.2 Å². The lowest BCUT2D eigenvalue weighted by atomic mass is 9.95. The second-order valence-corrected chi connectivity index (χ2v) is 8.12. The van der Waals surface area contributed by atoms with Gasteiger partial charge in [0, 0.05) is 6.54 Å². The summed E-state index contributed by atoms with van der Waals surface area (Å²) in [5.41, 5.74) is -2.39. The van der Waals surface area contributed by atoms with E-state index in [0.29, 0.717) is 13.0 Å². The minimum absolute atomic E-state index is 0.110. The normalized spacial score (nSPS) is 23.4. The maximum absolute atomic E-state index is 12.1. The van der Waals surface area contributed by atoms with Gasteiger partial charge in [-0.05, 0) is 54.9 Å². The molecule has 134 valence electrons. The van der Waals surface area contributed by atoms with Crippen LogP contribution in [0.1, 0.15) is 54.9 Å². The summed E-state index contributed by atoms with van der Waals surface area (Å²) in [7, 11) is 0. The molecule has 0 bridgehead atoms. The average molecular weight is 330 g/mol. The smallest absolute Gasteiger partial charge is 0.410 e. The highest BCUT2D eigenvalue weighted by molar-refractivity contribution is 5.69. The molecule has 1 fully saturated rings. The minimum atomic E-state index is -1.20. The first kappa shape index (κ1) is 19.5. The Kier molecular flexibility index (Phi) is 5.57. The van der Waals surface area contributed by atoms with E-state index >= 15 is 0 Å². The zero-order valence-corrected chi connectivity index (χ0v) is 15.2. The zero-order valence-electron chi connectivity index (χ0n) is 15.2. The number of β-amino-alcohol motifs (C(OH)–C–C–N with tert-alkyl or cyclic N) is 1. The molecule has 0 aromatic heterocycles. The Morgan fingerprint density at radius 3 is 2.13 bits per heavy atom. The van der Waals surface area contributed by atoms with E-state index in [1.807, 2.05) is 0 Å². The van der Waals surface area contributed by atoms with Crippen molar-refractivity contribution in [2.24, 2.45) is 0 Å². The highest BCUT2D eigenvalue weighted by Gasteiger charge is 2.44. The molecule has 0 aliphatic carbocycles. The molecule has 2 N–H and O–H groups in total. The zero-order chi connectivity index (χ0) is 18.1. The Hall–Kier alpha value is -1.50. The van der Waals surface area contributed by atoms with Gasteiger partial charge in [-0.1, -0.05) is 0 Å². The molecule has 1 aliphatic heterocycles. The van der Waals surface area contributed by atoms with Crippen LogP contribution >= 0.6 is 0 Å². The number of likely N-dealkylation sites (tertiary alicyclic amines) is 1. The molecule has 0 aromatic carbocycles. The first-order valence-electron chi connectivity index (χ1n) is 7.92. The Morgan fingerprint density at radius 2 is 1.65 bits per heavy atom. The number of nitrogens with one attached hydrogen (secondary N) is 1. The van der Waals surface area contributed by atoms with Gasteiger partial charge < -0.3 is 24.8 Å². The average Bonchev–Trinajstić information content (AvgIpc) is 2.68. The number of hydrogen-bond acceptors (Lipinski definition) is 5. The van der Waals surface area contributed by atoms with Crippen LogP contribution in [-0.2, 0) is 9.47 Å². The molecule has 7 nitrogen and oxygen atoms in total. The van der Waals surface area contributed by atoms with Gasteiger partial charge in [0.15, 0.2) is 0 Å². The Morgan fingerprint density at radius 1 is 1.13 bits per heavy atom. The summed E-state index contributed by atoms with van der Waals surface area (Å²) in [5.74, 6) is 0. The third kappa shape index (κ3) is 6.25. The third-order valence-corrected chi connectivity index (χ3v) is 3.47. The van der Waals surface area contributed by atoms with Crippen molar-refractivity contribution in [1.82, 2.24) is 10.2 Å². The maximum atomic E-state index is 12.1. The number of amides is 2. The van der Waals surface area contributed by atoms with Crippen LogP contribution in [0.2, 0.25) is 0 Å². The van der Waals surface area contributed by atoms with Gasteiger partial charge in [0.25, 0.3) is 0 Å². The van der Waals surface area contributed by atoms with Crippen molar-refractivity contribution in [3.63, 3.8) is 0 Å². The molecule has 0 aromatic rings. The van der Waals surface area contributed by atoms with Crippen molar-refractivity contribution in [3.8, 4) is 0 Å². The number of ether oxygens (including phenoxy) is 2. The second kappa shape index (κ2) is 6.55. The number of carbonyl (C=O) groups is 2. The predicted octanol–water partition coefficient (Wildman–Crippen LogP) is 2.27. The number of carbonyl (C=O) groups excluding carboxylic acids is 2. The largest absolute Gasteiger partial charge is 0.444 e. The molecule has 1 rings (SSSR count). The number of rotatable bonds is 2. The van der Waals surface area contributed by atoms with E-state index < -0.39 is 35.0 Å². The van der Waals surface area contributed by atoms with Crippen LogP contribution in [-0.4, -0.2) is 58.1 Å². The molecule has 23 heavy (non-hydrogen) atoms. The van der Waals surface area contributed by atoms with Gasteiger partial charge in [0.05, 0.1) is 12.6 Å². The van der Waals surface area contributed by atoms with Crippen molar-refractivity contribution in [2.75, 3.05) is 13.1 Å². The van der Waals surface area contributed by atoms with E-state index in [0.717, 1.165) is 0 Å². The standard InChI is InChI=1S/C16H30N2O5/c1-11(17-12(19)22-14(2,3)4)16(21)8-9-18(10-16)13(20)23-15(5,6)7/h11,21H,8-10H2,1-7H3,(H,17,19). The van der Waals surface area contributed by atoms with Crippen molar-refractivity contribution in [2.45, 2.75) is 77.7 Å². The highest BCUT2D eigenvalue weighted by atomic mass is 16.6. The monoisotopic (exact) mass is 330 g/mol. The lowest BCUT2D eigenvalue weighted by Gasteiger charge is -2.31. The molecule has 0 saturated carbocycles. The molecule has 1 saturated heterocycles. The molecule has 0 radical (unpaired) electrons. The molecule has 2 amide bonds. The first-order valence-corrected chi connectivity index (χ1v) is 7.92. The SMILES string of the molecule is CC(NC(=O)OC(C)(C)C)C1(O)CCN(C(=O)OC(C)(C)C)C1. The van der Waals surface area contributed by atoms with Gasteiger partial charge in [-0.25, -0.2) is 9.59 Å². The summed E-state index contributed by atoms with van der Waals surface area (Å²) in [6.45, 7) is 12.9. The van der Waals surface area contributed by atoms with E-state index in [-0.39, 0.29) is 6.54 Å². The van der Waals surface area contributed by atoms with Crippen LogP contribution < -0.4 is 5.32 Å². The third-order valence-electron chi connectivity index (χ3n) is 3.47. The molecule has 0 spiro atoms. The summed E-state index contributed by atoms with van der Waals surface area (Å²) in [6, 6.07) is -0.551. The predicted molar refractivity (Wildman–Crippen MR) is 86.2 cm³/mol. The summed E-state index contributed by atoms with van der Waals surface area (Å²) in [6.07, 6.45) is -0.685. The van der Waals surface area contributed by atoms with Crippen molar-refractivity contribution in [1.29, 1.82) is 0 Å². The fourth-order valence-corrected chi connectivity index (χ4v) is 2.27. The second-order valence-electron chi connectivity index (χ2n) is 8.12. The Labute approximate surface area is 138 Å². The Balaban J connectivity index is 2.60. The molecule has 7 heteroatoms. The lowest BCUT2D eigenvalue weighted by molar-refractivity contribution is -0.00334. The van der Waals surface area contributed by atoms with Crippen LogP contribution in [0.3, 0.4) is 0 Å². The van der Waals surface area contributed by atoms with Gasteiger partial charge >= 0.3 is 12.2 Å². The van der Waals surface area contributed by atoms with Crippen LogP contribution in [0.5, 0.6) is 0 Å². The van der Waals surface area contributed by atoms with E-state index in [4.69, 9.17) is 9.47 Å². The molecular weight excluding hydrogens is 300 g/mol. The first-order chi connectivity index (χ1) is 10.2. The summed E-state index contributed by atoms with van der Waals surface area (Å²) in [4.78, 5) is 25.3. The van der Waals surface area contributed by atoms with Gasteiger partial charge in [0.1, 0.15) is 16.8 Å². The molecule has 1 heterocycles. The summed E-state index contributed by atoms with van der Waals surface area (Å²) < 4.78 is 10.5. The van der Waals surface area contributed by atoms with Gasteiger partial charge in [-0.2, -0.15) is 0 Å². The van der Waals surface area contributed by atoms with Gasteiger partial charge in [-0.3, -0.25) is 0 Å². The number of aliphatic hydroxyl groups is 1. The van der Waals surface area contributed by atoms with Crippen molar-refractivity contribution >= 4 is 12.2 Å². The van der Waals surface area contributed by atoms with E-state index in [1.165, 1.54) is 4.90 Å². The summed E-state index contributed by atoms with van der Waals surface area (Å²) >= 11 is 0. The quantitative estimate of drug-likeness (QED) is 0.811. The van der Waals surface area contributed by atoms with Gasteiger partial charge in [0.2, 0.25) is 0 Å². The highest BCUT2D eigenvalue weighted by Crippen LogP contribution is 2.26. The van der Waals surface area contributed by atoms with Crippen LogP contribution in [0.25, 0.3) is 0 Å².